The standard InChI is InChI=1S/C13H21F3N2O3S/c1-9-7-11(9)12(19)17-5-3-10(4-6-17)18(22(2,20)21)8-13(14,15)16/h9-11H,3-8H2,1-2H3/t9-,11-/m1/s1. The fourth-order valence-electron chi connectivity index (χ4n) is 2.97. The third kappa shape index (κ3) is 4.34. The smallest absolute Gasteiger partial charge is 0.342 e. The van der Waals surface area contributed by atoms with Gasteiger partial charge >= 0.3 is 6.18 Å². The number of alkyl halides is 3. The van der Waals surface area contributed by atoms with Crippen LogP contribution in [0.1, 0.15) is 26.2 Å². The molecule has 1 heterocycles. The van der Waals surface area contributed by atoms with Crippen molar-refractivity contribution in [2.24, 2.45) is 11.8 Å². The van der Waals surface area contributed by atoms with Crippen LogP contribution in [0.3, 0.4) is 0 Å². The van der Waals surface area contributed by atoms with E-state index in [4.69, 9.17) is 0 Å². The summed E-state index contributed by atoms with van der Waals surface area (Å²) in [6.45, 7) is 1.15. The van der Waals surface area contributed by atoms with E-state index in [2.05, 4.69) is 0 Å². The largest absolute Gasteiger partial charge is 0.402 e. The molecular formula is C13H21F3N2O3S. The van der Waals surface area contributed by atoms with Gasteiger partial charge in [0.15, 0.2) is 0 Å². The lowest BCUT2D eigenvalue weighted by molar-refractivity contribution is -0.143. The second kappa shape index (κ2) is 5.99. The van der Waals surface area contributed by atoms with Crippen molar-refractivity contribution in [1.82, 2.24) is 9.21 Å². The third-order valence-corrected chi connectivity index (χ3v) is 5.65. The highest BCUT2D eigenvalue weighted by molar-refractivity contribution is 7.88. The van der Waals surface area contributed by atoms with Crippen molar-refractivity contribution in [2.45, 2.75) is 38.4 Å². The van der Waals surface area contributed by atoms with Gasteiger partial charge in [0, 0.05) is 25.0 Å². The van der Waals surface area contributed by atoms with Crippen molar-refractivity contribution >= 4 is 15.9 Å². The Morgan fingerprint density at radius 1 is 1.27 bits per heavy atom. The number of rotatable bonds is 4. The van der Waals surface area contributed by atoms with Gasteiger partial charge in [0.05, 0.1) is 6.26 Å². The van der Waals surface area contributed by atoms with Crippen molar-refractivity contribution < 1.29 is 26.4 Å². The molecule has 128 valence electrons. The van der Waals surface area contributed by atoms with E-state index in [1.807, 2.05) is 6.92 Å². The van der Waals surface area contributed by atoms with Gasteiger partial charge in [0.25, 0.3) is 0 Å². The number of carbonyl (C=O) groups is 1. The van der Waals surface area contributed by atoms with Crippen molar-refractivity contribution in [3.05, 3.63) is 0 Å². The number of sulfonamides is 1. The lowest BCUT2D eigenvalue weighted by Gasteiger charge is -2.37. The van der Waals surface area contributed by atoms with E-state index in [1.165, 1.54) is 0 Å². The maximum atomic E-state index is 12.6. The van der Waals surface area contributed by atoms with Crippen LogP contribution in [0.15, 0.2) is 0 Å². The number of hydrogen-bond donors (Lipinski definition) is 0. The van der Waals surface area contributed by atoms with Crippen LogP contribution in [-0.2, 0) is 14.8 Å². The monoisotopic (exact) mass is 342 g/mol. The second-order valence-corrected chi connectivity index (χ2v) is 8.23. The SMILES string of the molecule is C[C@@H]1C[C@H]1C(=O)N1CCC(N(CC(F)(F)F)S(C)(=O)=O)CC1. The van der Waals surface area contributed by atoms with E-state index < -0.39 is 28.8 Å². The molecule has 0 aromatic heterocycles. The second-order valence-electron chi connectivity index (χ2n) is 6.30. The molecule has 0 radical (unpaired) electrons. The van der Waals surface area contributed by atoms with Crippen LogP contribution in [-0.4, -0.2) is 61.6 Å². The highest BCUT2D eigenvalue weighted by Gasteiger charge is 2.44. The molecular weight excluding hydrogens is 321 g/mol. The third-order valence-electron chi connectivity index (χ3n) is 4.37. The topological polar surface area (TPSA) is 57.7 Å². The van der Waals surface area contributed by atoms with E-state index in [0.29, 0.717) is 23.3 Å². The Morgan fingerprint density at radius 3 is 2.14 bits per heavy atom. The first-order chi connectivity index (χ1) is 9.99. The number of nitrogens with zero attached hydrogens (tertiary/aromatic N) is 2. The molecule has 1 saturated carbocycles. The molecule has 1 aliphatic heterocycles. The molecule has 2 rings (SSSR count). The predicted octanol–water partition coefficient (Wildman–Crippen LogP) is 1.46. The average molecular weight is 342 g/mol. The zero-order valence-electron chi connectivity index (χ0n) is 12.6. The summed E-state index contributed by atoms with van der Waals surface area (Å²) in [5.74, 6) is 0.466. The summed E-state index contributed by atoms with van der Waals surface area (Å²) in [5.41, 5.74) is 0. The molecule has 9 heteroatoms. The minimum Gasteiger partial charge on any atom is -0.342 e. The molecule has 1 saturated heterocycles. The molecule has 1 aliphatic carbocycles. The summed E-state index contributed by atoms with van der Waals surface area (Å²) in [6, 6.07) is -0.697. The maximum absolute atomic E-state index is 12.6. The van der Waals surface area contributed by atoms with Crippen LogP contribution >= 0.6 is 0 Å². The summed E-state index contributed by atoms with van der Waals surface area (Å²) >= 11 is 0. The van der Waals surface area contributed by atoms with Crippen LogP contribution in [0.2, 0.25) is 0 Å². The highest BCUT2D eigenvalue weighted by atomic mass is 32.2. The van der Waals surface area contributed by atoms with Crippen LogP contribution < -0.4 is 0 Å². The van der Waals surface area contributed by atoms with E-state index in [9.17, 15) is 26.4 Å². The van der Waals surface area contributed by atoms with Gasteiger partial charge in [-0.3, -0.25) is 4.79 Å². The first-order valence-electron chi connectivity index (χ1n) is 7.31. The first-order valence-corrected chi connectivity index (χ1v) is 9.16. The number of piperidine rings is 1. The van der Waals surface area contributed by atoms with Gasteiger partial charge < -0.3 is 4.90 Å². The van der Waals surface area contributed by atoms with Gasteiger partial charge in [-0.2, -0.15) is 17.5 Å². The predicted molar refractivity (Wildman–Crippen MR) is 74.5 cm³/mol. The Bertz CT molecular complexity index is 527. The number of likely N-dealkylation sites (tertiary alicyclic amines) is 1. The maximum Gasteiger partial charge on any atom is 0.402 e. The van der Waals surface area contributed by atoms with Gasteiger partial charge in [-0.05, 0) is 25.2 Å². The molecule has 1 amide bonds. The lowest BCUT2D eigenvalue weighted by Crippen LogP contribution is -2.51. The molecule has 22 heavy (non-hydrogen) atoms. The Labute approximate surface area is 128 Å². The molecule has 2 fully saturated rings. The van der Waals surface area contributed by atoms with Crippen molar-refractivity contribution in [1.29, 1.82) is 0 Å². The number of carbonyl (C=O) groups excluding carboxylic acids is 1. The molecule has 0 spiro atoms. The Morgan fingerprint density at radius 2 is 1.77 bits per heavy atom. The van der Waals surface area contributed by atoms with Gasteiger partial charge in [0.1, 0.15) is 6.54 Å². The van der Waals surface area contributed by atoms with Gasteiger partial charge in [0.2, 0.25) is 15.9 Å². The van der Waals surface area contributed by atoms with Crippen molar-refractivity contribution in [2.75, 3.05) is 25.9 Å². The van der Waals surface area contributed by atoms with Gasteiger partial charge in [-0.15, -0.1) is 0 Å². The molecule has 0 aromatic rings. The highest BCUT2D eigenvalue weighted by Crippen LogP contribution is 2.39. The van der Waals surface area contributed by atoms with Crippen molar-refractivity contribution in [3.63, 3.8) is 0 Å². The van der Waals surface area contributed by atoms with Crippen LogP contribution in [0, 0.1) is 11.8 Å². The first kappa shape index (κ1) is 17.5. The van der Waals surface area contributed by atoms with Crippen LogP contribution in [0.25, 0.3) is 0 Å². The van der Waals surface area contributed by atoms with Crippen LogP contribution in [0.4, 0.5) is 13.2 Å². The molecule has 0 unspecified atom stereocenters. The fraction of sp³-hybridized carbons (Fsp3) is 0.923. The summed E-state index contributed by atoms with van der Waals surface area (Å²) in [7, 11) is -3.94. The minimum atomic E-state index is -4.57. The normalized spacial score (nSPS) is 27.3. The molecule has 0 bridgehead atoms. The Kier molecular flexibility index (Phi) is 4.77. The minimum absolute atomic E-state index is 0.0396. The lowest BCUT2D eigenvalue weighted by atomic mass is 10.0. The molecule has 2 atom stereocenters. The summed E-state index contributed by atoms with van der Waals surface area (Å²) < 4.78 is 61.5. The quantitative estimate of drug-likeness (QED) is 0.777. The van der Waals surface area contributed by atoms with E-state index in [1.54, 1.807) is 4.90 Å². The summed E-state index contributed by atoms with van der Waals surface area (Å²) in [5, 5.41) is 0. The zero-order chi connectivity index (χ0) is 16.7. The fourth-order valence-corrected chi connectivity index (χ4v) is 4.10. The molecule has 2 aliphatic rings. The summed E-state index contributed by atoms with van der Waals surface area (Å²) in [4.78, 5) is 13.7. The molecule has 5 nitrogen and oxygen atoms in total. The van der Waals surface area contributed by atoms with Gasteiger partial charge in [-0.25, -0.2) is 8.42 Å². The number of hydrogen-bond acceptors (Lipinski definition) is 3. The Hall–Kier alpha value is -0.830. The number of amides is 1. The van der Waals surface area contributed by atoms with Gasteiger partial charge in [-0.1, -0.05) is 6.92 Å². The molecule has 0 aromatic carbocycles. The van der Waals surface area contributed by atoms with E-state index in [-0.39, 0.29) is 24.7 Å². The number of halogens is 3. The Balaban J connectivity index is 1.97. The molecule has 0 N–H and O–H groups in total. The van der Waals surface area contributed by atoms with Crippen molar-refractivity contribution in [3.8, 4) is 0 Å². The zero-order valence-corrected chi connectivity index (χ0v) is 13.5. The average Bonchev–Trinajstić information content (AvgIpc) is 3.10. The summed E-state index contributed by atoms with van der Waals surface area (Å²) in [6.07, 6.45) is -2.42. The van der Waals surface area contributed by atoms with Crippen LogP contribution in [0.5, 0.6) is 0 Å². The van der Waals surface area contributed by atoms with E-state index >= 15 is 0 Å². The van der Waals surface area contributed by atoms with E-state index in [0.717, 1.165) is 12.7 Å².